The number of benzene rings is 2. The van der Waals surface area contributed by atoms with E-state index in [2.05, 4.69) is 0 Å². The Kier molecular flexibility index (Phi) is 4.04. The predicted molar refractivity (Wildman–Crippen MR) is 103 cm³/mol. The van der Waals surface area contributed by atoms with Crippen LogP contribution in [0.3, 0.4) is 0 Å². The lowest BCUT2D eigenvalue weighted by Gasteiger charge is -2.25. The molecule has 1 saturated heterocycles. The molecule has 7 nitrogen and oxygen atoms in total. The monoisotopic (exact) mass is 396 g/mol. The molecular weight excluding hydrogens is 376 g/mol. The Balaban J connectivity index is 1.78. The molecule has 1 fully saturated rings. The molecule has 29 heavy (non-hydrogen) atoms. The number of fused-ring (bicyclic) bond motifs is 3. The number of hydrogen-bond acceptors (Lipinski definition) is 7. The van der Waals surface area contributed by atoms with Crippen LogP contribution >= 0.6 is 0 Å². The fraction of sp³-hybridized carbons (Fsp3) is 0.318. The van der Waals surface area contributed by atoms with Crippen LogP contribution in [0.25, 0.3) is 5.57 Å². The van der Waals surface area contributed by atoms with E-state index in [1.807, 2.05) is 24.3 Å². The third kappa shape index (κ3) is 2.61. The minimum absolute atomic E-state index is 0.00976. The molecule has 1 unspecified atom stereocenters. The molecule has 0 N–H and O–H groups in total. The molecule has 5 rings (SSSR count). The highest BCUT2D eigenvalue weighted by Crippen LogP contribution is 2.49. The van der Waals surface area contributed by atoms with Gasteiger partial charge in [0.15, 0.2) is 23.0 Å². The van der Waals surface area contributed by atoms with Crippen LogP contribution < -0.4 is 23.7 Å². The van der Waals surface area contributed by atoms with Crippen LogP contribution in [0, 0.1) is 5.92 Å². The van der Waals surface area contributed by atoms with Crippen LogP contribution in [-0.4, -0.2) is 40.7 Å². The van der Waals surface area contributed by atoms with Crippen molar-refractivity contribution in [3.05, 3.63) is 46.5 Å². The van der Waals surface area contributed by atoms with Crippen LogP contribution in [0.4, 0.5) is 0 Å². The van der Waals surface area contributed by atoms with Crippen molar-refractivity contribution in [2.24, 2.45) is 5.92 Å². The summed E-state index contributed by atoms with van der Waals surface area (Å²) in [6, 6.07) is 7.64. The quantitative estimate of drug-likeness (QED) is 0.736. The minimum atomic E-state index is -0.290. The zero-order valence-electron chi connectivity index (χ0n) is 16.4. The standard InChI is InChI=1S/C22H20O7/c1-24-17-6-12(7-18(25-2)21(17)26-3)19-14-8-16-15(28-10-29-16)5-11(14)4-13-9-27-22(23)20(13)19/h5-8,13H,4,9-10H2,1-3H3. The molecule has 1 atom stereocenters. The lowest BCUT2D eigenvalue weighted by molar-refractivity contribution is -0.135. The summed E-state index contributed by atoms with van der Waals surface area (Å²) in [6.07, 6.45) is 0.709. The predicted octanol–water partition coefficient (Wildman–Crippen LogP) is 2.97. The number of carbonyl (C=O) groups is 1. The van der Waals surface area contributed by atoms with E-state index in [0.717, 1.165) is 28.0 Å². The average molecular weight is 396 g/mol. The minimum Gasteiger partial charge on any atom is -0.493 e. The molecule has 0 radical (unpaired) electrons. The van der Waals surface area contributed by atoms with Crippen molar-refractivity contribution in [1.29, 1.82) is 0 Å². The molecule has 0 aromatic heterocycles. The summed E-state index contributed by atoms with van der Waals surface area (Å²) in [5.74, 6) is 2.63. The zero-order valence-corrected chi connectivity index (χ0v) is 16.4. The Bertz CT molecular complexity index is 1030. The van der Waals surface area contributed by atoms with Crippen molar-refractivity contribution in [1.82, 2.24) is 0 Å². The normalized spacial score (nSPS) is 18.9. The van der Waals surface area contributed by atoms with Crippen molar-refractivity contribution in [3.63, 3.8) is 0 Å². The van der Waals surface area contributed by atoms with E-state index in [-0.39, 0.29) is 18.7 Å². The maximum Gasteiger partial charge on any atom is 0.335 e. The van der Waals surface area contributed by atoms with Crippen LogP contribution in [0.1, 0.15) is 16.7 Å². The van der Waals surface area contributed by atoms with Crippen molar-refractivity contribution >= 4 is 11.5 Å². The summed E-state index contributed by atoms with van der Waals surface area (Å²) in [7, 11) is 4.69. The molecule has 1 aliphatic carbocycles. The van der Waals surface area contributed by atoms with E-state index >= 15 is 0 Å². The van der Waals surface area contributed by atoms with Gasteiger partial charge in [0.05, 0.1) is 33.5 Å². The smallest absolute Gasteiger partial charge is 0.335 e. The molecule has 2 aromatic rings. The largest absolute Gasteiger partial charge is 0.493 e. The molecule has 2 aromatic carbocycles. The van der Waals surface area contributed by atoms with Gasteiger partial charge in [-0.15, -0.1) is 0 Å². The summed E-state index contributed by atoms with van der Waals surface area (Å²) < 4.78 is 33.0. The topological polar surface area (TPSA) is 72.5 Å². The number of hydrogen-bond donors (Lipinski definition) is 0. The molecule has 150 valence electrons. The zero-order chi connectivity index (χ0) is 20.1. The SMILES string of the molecule is COc1cc(C2=C3C(=O)OCC3Cc3cc4c(cc32)OCO4)cc(OC)c1OC. The van der Waals surface area contributed by atoms with E-state index in [9.17, 15) is 4.79 Å². The van der Waals surface area contributed by atoms with Gasteiger partial charge in [-0.2, -0.15) is 0 Å². The van der Waals surface area contributed by atoms with Crippen LogP contribution in [-0.2, 0) is 16.0 Å². The van der Waals surface area contributed by atoms with Gasteiger partial charge in [0.1, 0.15) is 0 Å². The van der Waals surface area contributed by atoms with Gasteiger partial charge in [-0.3, -0.25) is 0 Å². The average Bonchev–Trinajstić information content (AvgIpc) is 3.35. The first-order valence-electron chi connectivity index (χ1n) is 9.29. The van der Waals surface area contributed by atoms with E-state index in [0.29, 0.717) is 41.6 Å². The number of esters is 1. The van der Waals surface area contributed by atoms with E-state index in [4.69, 9.17) is 28.4 Å². The third-order valence-corrected chi connectivity index (χ3v) is 5.60. The number of carbonyl (C=O) groups excluding carboxylic acids is 1. The van der Waals surface area contributed by atoms with Gasteiger partial charge in [0.25, 0.3) is 0 Å². The maximum atomic E-state index is 12.6. The summed E-state index contributed by atoms with van der Waals surface area (Å²) in [5, 5.41) is 0. The lowest BCUT2D eigenvalue weighted by Crippen LogP contribution is -2.17. The highest BCUT2D eigenvalue weighted by Gasteiger charge is 2.39. The second-order valence-electron chi connectivity index (χ2n) is 7.06. The summed E-state index contributed by atoms with van der Waals surface area (Å²) in [6.45, 7) is 0.565. The summed E-state index contributed by atoms with van der Waals surface area (Å²) >= 11 is 0. The number of ether oxygens (including phenoxy) is 6. The molecule has 0 spiro atoms. The molecule has 7 heteroatoms. The van der Waals surface area contributed by atoms with E-state index in [1.165, 1.54) is 0 Å². The molecular formula is C22H20O7. The van der Waals surface area contributed by atoms with Gasteiger partial charge < -0.3 is 28.4 Å². The van der Waals surface area contributed by atoms with Gasteiger partial charge in [-0.05, 0) is 47.4 Å². The highest BCUT2D eigenvalue weighted by atomic mass is 16.7. The Morgan fingerprint density at radius 3 is 2.24 bits per heavy atom. The van der Waals surface area contributed by atoms with Crippen LogP contribution in [0.5, 0.6) is 28.7 Å². The highest BCUT2D eigenvalue weighted by molar-refractivity contribution is 6.05. The number of rotatable bonds is 4. The molecule has 0 bridgehead atoms. The Labute approximate surface area is 167 Å². The molecule has 2 heterocycles. The van der Waals surface area contributed by atoms with Crippen molar-refractivity contribution in [2.45, 2.75) is 6.42 Å². The Morgan fingerprint density at radius 1 is 0.897 bits per heavy atom. The maximum absolute atomic E-state index is 12.6. The fourth-order valence-electron chi connectivity index (χ4n) is 4.30. The molecule has 0 saturated carbocycles. The number of methoxy groups -OCH3 is 3. The van der Waals surface area contributed by atoms with E-state index in [1.54, 1.807) is 21.3 Å². The van der Waals surface area contributed by atoms with Crippen molar-refractivity contribution in [2.75, 3.05) is 34.7 Å². The number of cyclic esters (lactones) is 1. The summed E-state index contributed by atoms with van der Waals surface area (Å²) in [5.41, 5.74) is 4.28. The second-order valence-corrected chi connectivity index (χ2v) is 7.06. The molecule has 0 amide bonds. The van der Waals surface area contributed by atoms with Crippen molar-refractivity contribution < 1.29 is 33.2 Å². The third-order valence-electron chi connectivity index (χ3n) is 5.60. The first kappa shape index (κ1) is 17.7. The van der Waals surface area contributed by atoms with Crippen LogP contribution in [0.15, 0.2) is 29.8 Å². The summed E-state index contributed by atoms with van der Waals surface area (Å²) in [4.78, 5) is 12.6. The second kappa shape index (κ2) is 6.62. The Morgan fingerprint density at radius 2 is 1.59 bits per heavy atom. The van der Waals surface area contributed by atoms with Gasteiger partial charge >= 0.3 is 5.97 Å². The van der Waals surface area contributed by atoms with Gasteiger partial charge in [0, 0.05) is 11.5 Å². The van der Waals surface area contributed by atoms with Crippen molar-refractivity contribution in [3.8, 4) is 28.7 Å². The molecule has 2 aliphatic heterocycles. The molecule has 3 aliphatic rings. The lowest BCUT2D eigenvalue weighted by atomic mass is 9.77. The van der Waals surface area contributed by atoms with Crippen LogP contribution in [0.2, 0.25) is 0 Å². The van der Waals surface area contributed by atoms with E-state index < -0.39 is 0 Å². The first-order valence-corrected chi connectivity index (χ1v) is 9.29. The Hall–Kier alpha value is -3.35. The fourth-order valence-corrected chi connectivity index (χ4v) is 4.30. The van der Waals surface area contributed by atoms with Gasteiger partial charge in [0.2, 0.25) is 12.5 Å². The van der Waals surface area contributed by atoms with Gasteiger partial charge in [-0.25, -0.2) is 4.79 Å². The van der Waals surface area contributed by atoms with Gasteiger partial charge in [-0.1, -0.05) is 0 Å². The first-order chi connectivity index (χ1) is 14.1.